The molecule has 2 N–H and O–H groups in total. The molecule has 0 aromatic carbocycles. The van der Waals surface area contributed by atoms with Crippen LogP contribution in [0.4, 0.5) is 5.13 Å². The number of aliphatic hydroxyl groups excluding tert-OH is 1. The fourth-order valence-electron chi connectivity index (χ4n) is 4.82. The second-order valence-electron chi connectivity index (χ2n) is 11.6. The van der Waals surface area contributed by atoms with Crippen molar-refractivity contribution in [2.75, 3.05) is 31.5 Å². The van der Waals surface area contributed by atoms with E-state index in [0.29, 0.717) is 6.54 Å². The van der Waals surface area contributed by atoms with Crippen molar-refractivity contribution >= 4 is 22.6 Å². The summed E-state index contributed by atoms with van der Waals surface area (Å²) < 4.78 is 4.57. The van der Waals surface area contributed by atoms with Gasteiger partial charge in [-0.05, 0) is 41.0 Å². The van der Waals surface area contributed by atoms with Crippen LogP contribution in [0.1, 0.15) is 67.6 Å². The molecule has 2 fully saturated rings. The lowest BCUT2D eigenvalue weighted by atomic mass is 9.92. The van der Waals surface area contributed by atoms with E-state index in [9.17, 15) is 9.90 Å². The minimum Gasteiger partial charge on any atom is -0.392 e. The van der Waals surface area contributed by atoms with Crippen LogP contribution < -0.4 is 5.32 Å². The number of hydrogen-bond acceptors (Lipinski definition) is 8. The van der Waals surface area contributed by atoms with Gasteiger partial charge in [-0.25, -0.2) is 4.98 Å². The van der Waals surface area contributed by atoms with Crippen LogP contribution in [0.3, 0.4) is 0 Å². The topological polar surface area (TPSA) is 84.8 Å². The number of aromatic nitrogens is 2. The maximum absolute atomic E-state index is 12.8. The molecule has 182 valence electrons. The van der Waals surface area contributed by atoms with E-state index in [0.717, 1.165) is 43.6 Å². The van der Waals surface area contributed by atoms with Crippen molar-refractivity contribution in [2.45, 2.75) is 98.1 Å². The smallest absolute Gasteiger partial charge is 0.228 e. The molecule has 0 saturated carbocycles. The molecule has 32 heavy (non-hydrogen) atoms. The lowest BCUT2D eigenvalue weighted by molar-refractivity contribution is -0.145. The fraction of sp³-hybridized carbons (Fsp3) is 0.870. The fourth-order valence-corrected chi connectivity index (χ4v) is 5.40. The number of carbonyl (C=O) groups is 1. The van der Waals surface area contributed by atoms with Crippen molar-refractivity contribution in [3.63, 3.8) is 0 Å². The van der Waals surface area contributed by atoms with E-state index < -0.39 is 0 Å². The molecular formula is C23H42N6O2S. The molecule has 2 aliphatic rings. The first-order valence-electron chi connectivity index (χ1n) is 11.8. The van der Waals surface area contributed by atoms with Crippen molar-refractivity contribution in [2.24, 2.45) is 5.41 Å². The van der Waals surface area contributed by atoms with Gasteiger partial charge in [-0.15, -0.1) is 0 Å². The largest absolute Gasteiger partial charge is 0.392 e. The lowest BCUT2D eigenvalue weighted by Crippen LogP contribution is -2.59. The summed E-state index contributed by atoms with van der Waals surface area (Å²) in [5.74, 6) is 1.04. The Morgan fingerprint density at radius 2 is 1.81 bits per heavy atom. The monoisotopic (exact) mass is 466 g/mol. The van der Waals surface area contributed by atoms with Gasteiger partial charge in [-0.1, -0.05) is 20.8 Å². The Balaban J connectivity index is 1.55. The third-order valence-electron chi connectivity index (χ3n) is 6.57. The zero-order valence-electron chi connectivity index (χ0n) is 21.1. The molecular weight excluding hydrogens is 424 g/mol. The normalized spacial score (nSPS) is 28.3. The minimum atomic E-state index is -0.356. The first-order valence-corrected chi connectivity index (χ1v) is 12.6. The number of nitrogens with zero attached hydrogens (tertiary/aromatic N) is 5. The van der Waals surface area contributed by atoms with Crippen LogP contribution in [0, 0.1) is 5.41 Å². The van der Waals surface area contributed by atoms with Gasteiger partial charge in [0, 0.05) is 66.8 Å². The highest BCUT2D eigenvalue weighted by Crippen LogP contribution is 2.28. The number of rotatable bonds is 5. The number of likely N-dealkylation sites (tertiary alicyclic amines) is 1. The summed E-state index contributed by atoms with van der Waals surface area (Å²) >= 11 is 1.40. The number of nitrogens with one attached hydrogen (secondary N) is 1. The highest BCUT2D eigenvalue weighted by atomic mass is 32.1. The van der Waals surface area contributed by atoms with Gasteiger partial charge in [0.1, 0.15) is 0 Å². The van der Waals surface area contributed by atoms with Crippen LogP contribution in [0.2, 0.25) is 0 Å². The van der Waals surface area contributed by atoms with E-state index in [1.54, 1.807) is 0 Å². The van der Waals surface area contributed by atoms with E-state index in [-0.39, 0.29) is 41.1 Å². The van der Waals surface area contributed by atoms with Crippen LogP contribution in [-0.2, 0) is 11.3 Å². The lowest BCUT2D eigenvalue weighted by Gasteiger charge is -2.45. The maximum Gasteiger partial charge on any atom is 0.228 e. The van der Waals surface area contributed by atoms with E-state index in [4.69, 9.17) is 4.98 Å². The van der Waals surface area contributed by atoms with Crippen LogP contribution >= 0.6 is 11.5 Å². The molecule has 4 unspecified atom stereocenters. The molecule has 9 heteroatoms. The van der Waals surface area contributed by atoms with Gasteiger partial charge in [0.25, 0.3) is 0 Å². The highest BCUT2D eigenvalue weighted by molar-refractivity contribution is 7.09. The average molecular weight is 467 g/mol. The summed E-state index contributed by atoms with van der Waals surface area (Å²) in [6.45, 7) is 20.6. The summed E-state index contributed by atoms with van der Waals surface area (Å²) in [6.07, 6.45) is 0.515. The average Bonchev–Trinajstić information content (AvgIpc) is 3.27. The van der Waals surface area contributed by atoms with Crippen molar-refractivity contribution < 1.29 is 9.90 Å². The maximum atomic E-state index is 12.8. The summed E-state index contributed by atoms with van der Waals surface area (Å²) in [6, 6.07) is 0.718. The van der Waals surface area contributed by atoms with Crippen molar-refractivity contribution in [3.05, 3.63) is 5.82 Å². The third-order valence-corrected chi connectivity index (χ3v) is 7.28. The number of hydrogen-bond donors (Lipinski definition) is 2. The molecule has 0 radical (unpaired) electrons. The van der Waals surface area contributed by atoms with Crippen LogP contribution in [0.15, 0.2) is 0 Å². The van der Waals surface area contributed by atoms with Gasteiger partial charge in [0.05, 0.1) is 12.6 Å². The predicted molar refractivity (Wildman–Crippen MR) is 130 cm³/mol. The van der Waals surface area contributed by atoms with E-state index in [2.05, 4.69) is 54.1 Å². The van der Waals surface area contributed by atoms with Gasteiger partial charge >= 0.3 is 0 Å². The highest BCUT2D eigenvalue weighted by Gasteiger charge is 2.38. The quantitative estimate of drug-likeness (QED) is 0.690. The van der Waals surface area contributed by atoms with Gasteiger partial charge in [0.15, 0.2) is 5.82 Å². The summed E-state index contributed by atoms with van der Waals surface area (Å²) in [4.78, 5) is 24.3. The number of β-amino-alcohol motifs (C(OH)–C–C–N with tert-alkyl or cyclic N) is 1. The van der Waals surface area contributed by atoms with Crippen molar-refractivity contribution in [1.29, 1.82) is 0 Å². The summed E-state index contributed by atoms with van der Waals surface area (Å²) in [5.41, 5.74) is -0.329. The number of piperazine rings is 1. The first-order chi connectivity index (χ1) is 14.8. The Kier molecular flexibility index (Phi) is 7.54. The summed E-state index contributed by atoms with van der Waals surface area (Å²) in [7, 11) is 0. The molecule has 8 nitrogen and oxygen atoms in total. The van der Waals surface area contributed by atoms with Crippen molar-refractivity contribution in [3.8, 4) is 0 Å². The molecule has 1 amide bonds. The number of aliphatic hydroxyl groups is 1. The molecule has 2 aliphatic heterocycles. The molecule has 0 spiro atoms. The summed E-state index contributed by atoms with van der Waals surface area (Å²) in [5, 5.41) is 14.4. The molecule has 1 aromatic heterocycles. The van der Waals surface area contributed by atoms with Crippen LogP contribution in [0.5, 0.6) is 0 Å². The van der Waals surface area contributed by atoms with E-state index >= 15 is 0 Å². The standard InChI is InChI=1S/C23H42N6O2S/c1-15-12-28(20(31)22(3,4)5)16(2)11-27(15)14-19-25-21(32-26-19)24-10-17-9-18(30)13-29(17)23(6,7)8/h15-18,30H,9-14H2,1-8H3,(H,24,25,26). The predicted octanol–water partition coefficient (Wildman–Crippen LogP) is 2.65. The molecule has 2 saturated heterocycles. The molecule has 3 heterocycles. The number of anilines is 1. The number of amides is 1. The second kappa shape index (κ2) is 9.52. The zero-order chi connectivity index (χ0) is 23.8. The second-order valence-corrected chi connectivity index (χ2v) is 12.4. The Hall–Kier alpha value is -1.29. The van der Waals surface area contributed by atoms with Gasteiger partial charge in [-0.3, -0.25) is 14.6 Å². The van der Waals surface area contributed by atoms with Crippen LogP contribution in [-0.4, -0.2) is 91.0 Å². The van der Waals surface area contributed by atoms with Gasteiger partial charge in [0.2, 0.25) is 11.0 Å². The Morgan fingerprint density at radius 1 is 1.12 bits per heavy atom. The Morgan fingerprint density at radius 3 is 2.44 bits per heavy atom. The molecule has 4 atom stereocenters. The number of carbonyl (C=O) groups excluding carboxylic acids is 1. The van der Waals surface area contributed by atoms with Crippen molar-refractivity contribution in [1.82, 2.24) is 24.1 Å². The minimum absolute atomic E-state index is 0.0272. The van der Waals surface area contributed by atoms with Gasteiger partial charge in [-0.2, -0.15) is 4.37 Å². The SMILES string of the molecule is CC1CN(C(=O)C(C)(C)C)C(C)CN1Cc1nsc(NCC2CC(O)CN2C(C)(C)C)n1. The van der Waals surface area contributed by atoms with Crippen LogP contribution in [0.25, 0.3) is 0 Å². The molecule has 3 rings (SSSR count). The van der Waals surface area contributed by atoms with E-state index in [1.165, 1.54) is 11.5 Å². The Labute approximate surface area is 197 Å². The van der Waals surface area contributed by atoms with Gasteiger partial charge < -0.3 is 15.3 Å². The van der Waals surface area contributed by atoms with E-state index in [1.807, 2.05) is 25.7 Å². The molecule has 0 aliphatic carbocycles. The Bertz CT molecular complexity index is 786. The third kappa shape index (κ3) is 5.98. The zero-order valence-corrected chi connectivity index (χ0v) is 21.9. The molecule has 0 bridgehead atoms. The molecule has 1 aromatic rings. The first kappa shape index (κ1) is 25.3.